The van der Waals surface area contributed by atoms with Crippen molar-refractivity contribution in [1.82, 2.24) is 4.31 Å². The lowest BCUT2D eigenvalue weighted by molar-refractivity contribution is -0.116. The van der Waals surface area contributed by atoms with Crippen LogP contribution >= 0.6 is 15.9 Å². The smallest absolute Gasteiger partial charge is 0.243 e. The number of halogens is 1. The third-order valence-electron chi connectivity index (χ3n) is 5.45. The first kappa shape index (κ1) is 25.1. The highest BCUT2D eigenvalue weighted by Crippen LogP contribution is 2.27. The van der Waals surface area contributed by atoms with Gasteiger partial charge in [-0.1, -0.05) is 70.4 Å². The van der Waals surface area contributed by atoms with Crippen molar-refractivity contribution in [2.45, 2.75) is 45.6 Å². The third-order valence-corrected chi connectivity index (χ3v) is 7.71. The Kier molecular flexibility index (Phi) is 8.10. The number of benzene rings is 3. The van der Waals surface area contributed by atoms with Crippen molar-refractivity contribution in [1.29, 1.82) is 0 Å². The molecule has 174 valence electrons. The van der Waals surface area contributed by atoms with E-state index in [1.165, 1.54) is 4.31 Å². The lowest BCUT2D eigenvalue weighted by atomic mass is 10.1. The van der Waals surface area contributed by atoms with Crippen LogP contribution in [0.2, 0.25) is 0 Å². The SMILES string of the molecule is CCc1cc(Br)cc(C)c1NC(=O)CN(Cc1cccc(C)c1)S(=O)(=O)c1ccc(C)cc1. The maximum Gasteiger partial charge on any atom is 0.243 e. The van der Waals surface area contributed by atoms with Crippen molar-refractivity contribution in [3.63, 3.8) is 0 Å². The van der Waals surface area contributed by atoms with Crippen LogP contribution in [0.25, 0.3) is 0 Å². The average Bonchev–Trinajstić information content (AvgIpc) is 2.75. The van der Waals surface area contributed by atoms with Crippen LogP contribution in [0.1, 0.15) is 34.7 Å². The van der Waals surface area contributed by atoms with Gasteiger partial charge < -0.3 is 5.32 Å². The molecule has 0 bridgehead atoms. The number of rotatable bonds is 8. The van der Waals surface area contributed by atoms with Crippen molar-refractivity contribution in [3.05, 3.63) is 93.0 Å². The van der Waals surface area contributed by atoms with E-state index in [4.69, 9.17) is 0 Å². The number of anilines is 1. The van der Waals surface area contributed by atoms with E-state index in [1.54, 1.807) is 24.3 Å². The molecule has 0 aromatic heterocycles. The highest BCUT2D eigenvalue weighted by molar-refractivity contribution is 9.10. The van der Waals surface area contributed by atoms with E-state index in [0.717, 1.165) is 44.4 Å². The third kappa shape index (κ3) is 6.31. The zero-order chi connectivity index (χ0) is 24.2. The van der Waals surface area contributed by atoms with Gasteiger partial charge in [-0.15, -0.1) is 0 Å². The fraction of sp³-hybridized carbons (Fsp3) is 0.269. The molecule has 0 aliphatic carbocycles. The van der Waals surface area contributed by atoms with Crippen LogP contribution in [0.3, 0.4) is 0 Å². The highest BCUT2D eigenvalue weighted by atomic mass is 79.9. The van der Waals surface area contributed by atoms with Gasteiger partial charge in [0.25, 0.3) is 0 Å². The van der Waals surface area contributed by atoms with Crippen molar-refractivity contribution in [2.24, 2.45) is 0 Å². The van der Waals surface area contributed by atoms with Crippen LogP contribution in [-0.4, -0.2) is 25.2 Å². The summed E-state index contributed by atoms with van der Waals surface area (Å²) in [6.45, 7) is 7.61. The minimum absolute atomic E-state index is 0.102. The maximum atomic E-state index is 13.5. The number of nitrogens with zero attached hydrogens (tertiary/aromatic N) is 1. The van der Waals surface area contributed by atoms with Gasteiger partial charge in [0.2, 0.25) is 15.9 Å². The first-order valence-corrected chi connectivity index (χ1v) is 13.0. The monoisotopic (exact) mass is 528 g/mol. The zero-order valence-electron chi connectivity index (χ0n) is 19.4. The number of carbonyl (C=O) groups excluding carboxylic acids is 1. The highest BCUT2D eigenvalue weighted by Gasteiger charge is 2.27. The van der Waals surface area contributed by atoms with Crippen LogP contribution in [0.15, 0.2) is 70.0 Å². The molecular weight excluding hydrogens is 500 g/mol. The van der Waals surface area contributed by atoms with E-state index >= 15 is 0 Å². The Labute approximate surface area is 205 Å². The Morgan fingerprint density at radius 3 is 2.30 bits per heavy atom. The Morgan fingerprint density at radius 1 is 0.970 bits per heavy atom. The Bertz CT molecular complexity index is 1260. The van der Waals surface area contributed by atoms with Crippen molar-refractivity contribution in [2.75, 3.05) is 11.9 Å². The van der Waals surface area contributed by atoms with E-state index in [2.05, 4.69) is 21.2 Å². The second-order valence-corrected chi connectivity index (χ2v) is 11.1. The summed E-state index contributed by atoms with van der Waals surface area (Å²) in [6, 6.07) is 18.2. The molecule has 3 aromatic rings. The molecule has 5 nitrogen and oxygen atoms in total. The molecule has 3 rings (SSSR count). The van der Waals surface area contributed by atoms with Gasteiger partial charge in [0.15, 0.2) is 0 Å². The summed E-state index contributed by atoms with van der Waals surface area (Å²) < 4.78 is 29.2. The first-order chi connectivity index (χ1) is 15.6. The first-order valence-electron chi connectivity index (χ1n) is 10.8. The summed E-state index contributed by atoms with van der Waals surface area (Å²) >= 11 is 3.49. The van der Waals surface area contributed by atoms with Gasteiger partial charge in [-0.3, -0.25) is 4.79 Å². The number of hydrogen-bond acceptors (Lipinski definition) is 3. The Hall–Kier alpha value is -2.48. The summed E-state index contributed by atoms with van der Waals surface area (Å²) in [6.07, 6.45) is 0.741. The van der Waals surface area contributed by atoms with Gasteiger partial charge in [0.05, 0.1) is 11.4 Å². The van der Waals surface area contributed by atoms with E-state index in [0.29, 0.717) is 0 Å². The number of amides is 1. The molecule has 0 fully saturated rings. The molecule has 0 unspecified atom stereocenters. The predicted octanol–water partition coefficient (Wildman–Crippen LogP) is 5.77. The summed E-state index contributed by atoms with van der Waals surface area (Å²) in [5.41, 5.74) is 5.46. The summed E-state index contributed by atoms with van der Waals surface area (Å²) in [5, 5.41) is 2.95. The van der Waals surface area contributed by atoms with Gasteiger partial charge in [0.1, 0.15) is 0 Å². The van der Waals surface area contributed by atoms with Gasteiger partial charge in [-0.2, -0.15) is 4.31 Å². The standard InChI is InChI=1S/C26H29BrN2O3S/c1-5-22-15-23(27)14-20(4)26(22)28-25(30)17-29(16-21-8-6-7-19(3)13-21)33(31,32)24-11-9-18(2)10-12-24/h6-15H,5,16-17H2,1-4H3,(H,28,30). The molecule has 0 spiro atoms. The van der Waals surface area contributed by atoms with Crippen LogP contribution < -0.4 is 5.32 Å². The predicted molar refractivity (Wildman–Crippen MR) is 137 cm³/mol. The molecule has 0 atom stereocenters. The Morgan fingerprint density at radius 2 is 1.67 bits per heavy atom. The number of hydrogen-bond donors (Lipinski definition) is 1. The minimum atomic E-state index is -3.88. The van der Waals surface area contributed by atoms with Crippen LogP contribution in [0.4, 0.5) is 5.69 Å². The summed E-state index contributed by atoms with van der Waals surface area (Å²) in [4.78, 5) is 13.3. The van der Waals surface area contributed by atoms with Crippen molar-refractivity contribution >= 4 is 37.5 Å². The quantitative estimate of drug-likeness (QED) is 0.403. The van der Waals surface area contributed by atoms with Crippen molar-refractivity contribution in [3.8, 4) is 0 Å². The molecule has 0 aliphatic heterocycles. The van der Waals surface area contributed by atoms with Gasteiger partial charge in [-0.25, -0.2) is 8.42 Å². The second kappa shape index (κ2) is 10.6. The van der Waals surface area contributed by atoms with E-state index in [-0.39, 0.29) is 23.9 Å². The molecule has 3 aromatic carbocycles. The lowest BCUT2D eigenvalue weighted by Gasteiger charge is -2.23. The molecule has 0 saturated carbocycles. The molecule has 0 heterocycles. The molecule has 33 heavy (non-hydrogen) atoms. The molecule has 0 aliphatic rings. The maximum absolute atomic E-state index is 13.5. The number of sulfonamides is 1. The number of nitrogens with one attached hydrogen (secondary N) is 1. The second-order valence-electron chi connectivity index (χ2n) is 8.23. The molecule has 7 heteroatoms. The molecule has 0 saturated heterocycles. The fourth-order valence-electron chi connectivity index (χ4n) is 3.71. The van der Waals surface area contributed by atoms with E-state index < -0.39 is 10.0 Å². The van der Waals surface area contributed by atoms with Crippen LogP contribution in [0.5, 0.6) is 0 Å². The van der Waals surface area contributed by atoms with Crippen molar-refractivity contribution < 1.29 is 13.2 Å². The van der Waals surface area contributed by atoms with Gasteiger partial charge in [0, 0.05) is 16.7 Å². The van der Waals surface area contributed by atoms with E-state index in [9.17, 15) is 13.2 Å². The minimum Gasteiger partial charge on any atom is -0.324 e. The molecule has 0 radical (unpaired) electrons. The lowest BCUT2D eigenvalue weighted by Crippen LogP contribution is -2.37. The molecular formula is C26H29BrN2O3S. The summed E-state index contributed by atoms with van der Waals surface area (Å²) in [5.74, 6) is -0.376. The summed E-state index contributed by atoms with van der Waals surface area (Å²) in [7, 11) is -3.88. The number of aryl methyl sites for hydroxylation is 4. The largest absolute Gasteiger partial charge is 0.324 e. The van der Waals surface area contributed by atoms with E-state index in [1.807, 2.05) is 64.1 Å². The van der Waals surface area contributed by atoms with Gasteiger partial charge in [-0.05, 0) is 68.1 Å². The molecule has 1 N–H and O–H groups in total. The normalized spacial score (nSPS) is 11.6. The zero-order valence-corrected chi connectivity index (χ0v) is 21.8. The van der Waals surface area contributed by atoms with Gasteiger partial charge >= 0.3 is 0 Å². The fourth-order valence-corrected chi connectivity index (χ4v) is 5.71. The molecule has 1 amide bonds. The topological polar surface area (TPSA) is 66.5 Å². The number of carbonyl (C=O) groups is 1. The van der Waals surface area contributed by atoms with Crippen LogP contribution in [0, 0.1) is 20.8 Å². The average molecular weight is 530 g/mol. The van der Waals surface area contributed by atoms with Crippen LogP contribution in [-0.2, 0) is 27.8 Å². The Balaban J connectivity index is 1.93.